The summed E-state index contributed by atoms with van der Waals surface area (Å²) in [5.74, 6) is -0.879. The number of benzene rings is 2. The number of ether oxygens (including phenoxy) is 4. The van der Waals surface area contributed by atoms with Crippen LogP contribution < -0.4 is 9.47 Å². The van der Waals surface area contributed by atoms with Gasteiger partial charge in [-0.3, -0.25) is 4.79 Å². The highest BCUT2D eigenvalue weighted by molar-refractivity contribution is 6.10. The maximum absolute atomic E-state index is 12.8. The van der Waals surface area contributed by atoms with Gasteiger partial charge < -0.3 is 18.9 Å². The van der Waals surface area contributed by atoms with Crippen molar-refractivity contribution in [2.45, 2.75) is 13.8 Å². The first-order valence-electron chi connectivity index (χ1n) is 8.85. The third kappa shape index (κ3) is 6.12. The van der Waals surface area contributed by atoms with E-state index in [0.717, 1.165) is 0 Å². The van der Waals surface area contributed by atoms with Crippen LogP contribution in [0.2, 0.25) is 0 Å². The lowest BCUT2D eigenvalue weighted by Gasteiger charge is -2.13. The van der Waals surface area contributed by atoms with Crippen molar-refractivity contribution in [1.82, 2.24) is 0 Å². The summed E-state index contributed by atoms with van der Waals surface area (Å²) in [6.45, 7) is 3.22. The number of ketones is 1. The normalized spacial score (nSPS) is 10.1. The standard InChI is InChI=1S/C21H22O7/c1-3-25-19(22)13-27-16-10-11-17(21(24)15-8-6-5-7-9-15)18(12-16)28-14-20(23)26-4-2/h5-12H,3-4,13-14H2,1-2H3. The molecule has 7 heteroatoms. The second-order valence-corrected chi connectivity index (χ2v) is 5.54. The van der Waals surface area contributed by atoms with Gasteiger partial charge in [0.2, 0.25) is 0 Å². The second-order valence-electron chi connectivity index (χ2n) is 5.54. The van der Waals surface area contributed by atoms with Gasteiger partial charge in [0.1, 0.15) is 11.5 Å². The van der Waals surface area contributed by atoms with Gasteiger partial charge >= 0.3 is 11.9 Å². The van der Waals surface area contributed by atoms with Crippen LogP contribution in [0.1, 0.15) is 29.8 Å². The minimum Gasteiger partial charge on any atom is -0.482 e. The number of esters is 2. The van der Waals surface area contributed by atoms with Crippen molar-refractivity contribution in [2.24, 2.45) is 0 Å². The Kier molecular flexibility index (Phi) is 8.02. The van der Waals surface area contributed by atoms with Gasteiger partial charge in [0.15, 0.2) is 19.0 Å². The van der Waals surface area contributed by atoms with Crippen LogP contribution in [0.15, 0.2) is 48.5 Å². The van der Waals surface area contributed by atoms with E-state index in [-0.39, 0.29) is 43.5 Å². The summed E-state index contributed by atoms with van der Waals surface area (Å²) in [6.07, 6.45) is 0. The van der Waals surface area contributed by atoms with Gasteiger partial charge in [-0.05, 0) is 26.0 Å². The summed E-state index contributed by atoms with van der Waals surface area (Å²) >= 11 is 0. The van der Waals surface area contributed by atoms with Gasteiger partial charge in [0.25, 0.3) is 0 Å². The van der Waals surface area contributed by atoms with Gasteiger partial charge in [-0.15, -0.1) is 0 Å². The summed E-state index contributed by atoms with van der Waals surface area (Å²) in [7, 11) is 0. The van der Waals surface area contributed by atoms with Crippen molar-refractivity contribution in [3.63, 3.8) is 0 Å². The molecule has 0 radical (unpaired) electrons. The molecule has 148 valence electrons. The summed E-state index contributed by atoms with van der Waals surface area (Å²) in [6, 6.07) is 13.2. The van der Waals surface area contributed by atoms with Gasteiger partial charge in [0.05, 0.1) is 18.8 Å². The number of carbonyl (C=O) groups excluding carboxylic acids is 3. The van der Waals surface area contributed by atoms with Crippen molar-refractivity contribution < 1.29 is 33.3 Å². The molecule has 0 amide bonds. The third-order valence-electron chi connectivity index (χ3n) is 3.55. The van der Waals surface area contributed by atoms with E-state index >= 15 is 0 Å². The molecule has 0 N–H and O–H groups in total. The fourth-order valence-corrected chi connectivity index (χ4v) is 2.33. The molecule has 0 aliphatic heterocycles. The summed E-state index contributed by atoms with van der Waals surface area (Å²) in [5.41, 5.74) is 0.739. The zero-order valence-corrected chi connectivity index (χ0v) is 15.8. The van der Waals surface area contributed by atoms with E-state index in [1.807, 2.05) is 0 Å². The molecule has 0 aromatic heterocycles. The monoisotopic (exact) mass is 386 g/mol. The largest absolute Gasteiger partial charge is 0.482 e. The Hall–Kier alpha value is -3.35. The lowest BCUT2D eigenvalue weighted by molar-refractivity contribution is -0.146. The molecule has 0 saturated carbocycles. The highest BCUT2D eigenvalue weighted by atomic mass is 16.6. The fraction of sp³-hybridized carbons (Fsp3) is 0.286. The van der Waals surface area contributed by atoms with Crippen molar-refractivity contribution >= 4 is 17.7 Å². The molecule has 2 aromatic carbocycles. The van der Waals surface area contributed by atoms with Crippen LogP contribution in [0.25, 0.3) is 0 Å². The number of carbonyl (C=O) groups is 3. The minimum absolute atomic E-state index is 0.156. The maximum Gasteiger partial charge on any atom is 0.344 e. The van der Waals surface area contributed by atoms with E-state index < -0.39 is 11.9 Å². The molecule has 7 nitrogen and oxygen atoms in total. The quantitative estimate of drug-likeness (QED) is 0.458. The molecule has 0 aliphatic carbocycles. The van der Waals surface area contributed by atoms with Crippen LogP contribution in [0, 0.1) is 0 Å². The number of hydrogen-bond donors (Lipinski definition) is 0. The molecule has 0 spiro atoms. The first kappa shape index (κ1) is 21.0. The highest BCUT2D eigenvalue weighted by Gasteiger charge is 2.17. The van der Waals surface area contributed by atoms with Crippen LogP contribution in [-0.4, -0.2) is 44.1 Å². The smallest absolute Gasteiger partial charge is 0.344 e. The minimum atomic E-state index is -0.557. The fourth-order valence-electron chi connectivity index (χ4n) is 2.33. The van der Waals surface area contributed by atoms with Crippen LogP contribution >= 0.6 is 0 Å². The molecule has 0 saturated heterocycles. The van der Waals surface area contributed by atoms with E-state index in [1.165, 1.54) is 12.1 Å². The number of hydrogen-bond acceptors (Lipinski definition) is 7. The van der Waals surface area contributed by atoms with E-state index in [4.69, 9.17) is 18.9 Å². The average molecular weight is 386 g/mol. The van der Waals surface area contributed by atoms with Gasteiger partial charge in [-0.1, -0.05) is 30.3 Å². The maximum atomic E-state index is 12.8. The Bertz CT molecular complexity index is 815. The average Bonchev–Trinajstić information content (AvgIpc) is 2.71. The summed E-state index contributed by atoms with van der Waals surface area (Å²) in [5, 5.41) is 0. The predicted octanol–water partition coefficient (Wildman–Crippen LogP) is 2.80. The molecule has 0 bridgehead atoms. The lowest BCUT2D eigenvalue weighted by atomic mass is 10.0. The molecular formula is C21H22O7. The van der Waals surface area contributed by atoms with E-state index in [0.29, 0.717) is 11.3 Å². The van der Waals surface area contributed by atoms with Crippen LogP contribution in [0.3, 0.4) is 0 Å². The van der Waals surface area contributed by atoms with Crippen molar-refractivity contribution in [1.29, 1.82) is 0 Å². The molecule has 2 rings (SSSR count). The number of rotatable bonds is 10. The van der Waals surface area contributed by atoms with Crippen LogP contribution in [0.4, 0.5) is 0 Å². The van der Waals surface area contributed by atoms with E-state index in [2.05, 4.69) is 0 Å². The molecule has 0 unspecified atom stereocenters. The highest BCUT2D eigenvalue weighted by Crippen LogP contribution is 2.27. The zero-order valence-electron chi connectivity index (χ0n) is 15.8. The van der Waals surface area contributed by atoms with E-state index in [1.54, 1.807) is 50.2 Å². The Labute approximate surface area is 163 Å². The molecule has 28 heavy (non-hydrogen) atoms. The van der Waals surface area contributed by atoms with Crippen LogP contribution in [0.5, 0.6) is 11.5 Å². The molecule has 0 atom stereocenters. The topological polar surface area (TPSA) is 88.1 Å². The third-order valence-corrected chi connectivity index (χ3v) is 3.55. The summed E-state index contributed by atoms with van der Waals surface area (Å²) in [4.78, 5) is 35.9. The van der Waals surface area contributed by atoms with Crippen molar-refractivity contribution in [2.75, 3.05) is 26.4 Å². The molecular weight excluding hydrogens is 364 g/mol. The first-order valence-corrected chi connectivity index (χ1v) is 8.85. The Balaban J connectivity index is 2.23. The predicted molar refractivity (Wildman–Crippen MR) is 101 cm³/mol. The Morgan fingerprint density at radius 2 is 1.39 bits per heavy atom. The SMILES string of the molecule is CCOC(=O)COc1ccc(C(=O)c2ccccc2)c(OCC(=O)OCC)c1. The lowest BCUT2D eigenvalue weighted by Crippen LogP contribution is -2.17. The van der Waals surface area contributed by atoms with Gasteiger partial charge in [-0.2, -0.15) is 0 Å². The van der Waals surface area contributed by atoms with Crippen molar-refractivity contribution in [3.8, 4) is 11.5 Å². The first-order chi connectivity index (χ1) is 13.5. The second kappa shape index (κ2) is 10.7. The Morgan fingerprint density at radius 1 is 0.786 bits per heavy atom. The summed E-state index contributed by atoms with van der Waals surface area (Å²) < 4.78 is 20.5. The Morgan fingerprint density at radius 3 is 2.00 bits per heavy atom. The molecule has 0 aliphatic rings. The molecule has 2 aromatic rings. The van der Waals surface area contributed by atoms with Gasteiger partial charge in [-0.25, -0.2) is 9.59 Å². The molecule has 0 heterocycles. The van der Waals surface area contributed by atoms with Crippen LogP contribution in [-0.2, 0) is 19.1 Å². The van der Waals surface area contributed by atoms with Gasteiger partial charge in [0, 0.05) is 11.6 Å². The van der Waals surface area contributed by atoms with E-state index in [9.17, 15) is 14.4 Å². The zero-order chi connectivity index (χ0) is 20.4. The molecule has 0 fully saturated rings. The van der Waals surface area contributed by atoms with Crippen molar-refractivity contribution in [3.05, 3.63) is 59.7 Å².